The lowest BCUT2D eigenvalue weighted by atomic mass is 10.1. The molecule has 2 aromatic heterocycles. The quantitative estimate of drug-likeness (QED) is 0.645. The number of nitrogens with one attached hydrogen (secondary N) is 1. The molecule has 2 rings (SSSR count). The molecular weight excluding hydrogens is 241 g/mol. The van der Waals surface area contributed by atoms with Crippen LogP contribution >= 0.6 is 11.3 Å². The number of thiophene rings is 1. The minimum atomic E-state index is -0.437. The normalized spacial score (nSPS) is 12.4. The maximum atomic E-state index is 13.7. The summed E-state index contributed by atoms with van der Waals surface area (Å²) >= 11 is 1.46. The molecule has 0 radical (unpaired) electrons. The van der Waals surface area contributed by atoms with Gasteiger partial charge in [0.25, 0.3) is 0 Å². The number of methoxy groups -OCH3 is 1. The van der Waals surface area contributed by atoms with Crippen LogP contribution in [0.25, 0.3) is 0 Å². The zero-order valence-corrected chi connectivity index (χ0v) is 10.00. The lowest BCUT2D eigenvalue weighted by Gasteiger charge is -2.16. The minimum Gasteiger partial charge on any atom is -0.496 e. The van der Waals surface area contributed by atoms with Crippen molar-refractivity contribution < 1.29 is 9.13 Å². The molecule has 1 unspecified atom stereocenters. The first-order chi connectivity index (χ1) is 8.27. The molecule has 4 nitrogen and oxygen atoms in total. The molecule has 0 bridgehead atoms. The Morgan fingerprint density at radius 2 is 2.35 bits per heavy atom. The molecule has 0 saturated carbocycles. The van der Waals surface area contributed by atoms with Gasteiger partial charge in [0.15, 0.2) is 0 Å². The first-order valence-electron chi connectivity index (χ1n) is 4.94. The van der Waals surface area contributed by atoms with E-state index in [1.165, 1.54) is 23.7 Å². The highest BCUT2D eigenvalue weighted by Crippen LogP contribution is 2.34. The van der Waals surface area contributed by atoms with E-state index in [0.717, 1.165) is 4.88 Å². The van der Waals surface area contributed by atoms with Crippen LogP contribution in [0.1, 0.15) is 16.5 Å². The molecule has 17 heavy (non-hydrogen) atoms. The van der Waals surface area contributed by atoms with Crippen molar-refractivity contribution in [3.63, 3.8) is 0 Å². The average molecular weight is 253 g/mol. The van der Waals surface area contributed by atoms with Crippen LogP contribution in [0.2, 0.25) is 0 Å². The van der Waals surface area contributed by atoms with E-state index in [4.69, 9.17) is 10.6 Å². The van der Waals surface area contributed by atoms with Crippen molar-refractivity contribution in [2.45, 2.75) is 6.04 Å². The number of halogens is 1. The summed E-state index contributed by atoms with van der Waals surface area (Å²) in [5.41, 5.74) is 3.05. The molecule has 0 saturated heterocycles. The average Bonchev–Trinajstić information content (AvgIpc) is 2.81. The Morgan fingerprint density at radius 1 is 1.53 bits per heavy atom. The maximum absolute atomic E-state index is 13.7. The number of aromatic nitrogens is 1. The fourth-order valence-corrected chi connectivity index (χ4v) is 2.55. The summed E-state index contributed by atoms with van der Waals surface area (Å²) in [7, 11) is 1.57. The van der Waals surface area contributed by atoms with E-state index in [-0.39, 0.29) is 0 Å². The first-order valence-corrected chi connectivity index (χ1v) is 5.82. The zero-order chi connectivity index (χ0) is 12.3. The highest BCUT2D eigenvalue weighted by Gasteiger charge is 2.21. The van der Waals surface area contributed by atoms with E-state index >= 15 is 0 Å². The van der Waals surface area contributed by atoms with Crippen LogP contribution in [0.3, 0.4) is 0 Å². The summed E-state index contributed by atoms with van der Waals surface area (Å²) in [5.74, 6) is 5.79. The van der Waals surface area contributed by atoms with E-state index in [9.17, 15) is 4.39 Å². The summed E-state index contributed by atoms with van der Waals surface area (Å²) in [6.07, 6.45) is 2.70. The van der Waals surface area contributed by atoms with Crippen molar-refractivity contribution in [3.05, 3.63) is 46.2 Å². The second-order valence-corrected chi connectivity index (χ2v) is 4.30. The Bertz CT molecular complexity index is 503. The third-order valence-electron chi connectivity index (χ3n) is 2.42. The molecule has 0 aromatic carbocycles. The third kappa shape index (κ3) is 2.28. The first kappa shape index (κ1) is 12.0. The molecule has 0 spiro atoms. The Hall–Kier alpha value is -1.50. The van der Waals surface area contributed by atoms with Crippen LogP contribution in [-0.4, -0.2) is 12.1 Å². The Labute approximate surface area is 102 Å². The summed E-state index contributed by atoms with van der Waals surface area (Å²) in [4.78, 5) is 4.55. The van der Waals surface area contributed by atoms with Gasteiger partial charge in [-0.05, 0) is 17.5 Å². The molecule has 0 aliphatic rings. The standard InChI is InChI=1S/C11H12FN3OS/c1-16-9-3-5-17-11(9)10(15-13)7-2-4-14-6-8(7)12/h2-6,10,15H,13H2,1H3. The second kappa shape index (κ2) is 5.22. The van der Waals surface area contributed by atoms with Crippen molar-refractivity contribution in [2.75, 3.05) is 7.11 Å². The van der Waals surface area contributed by atoms with E-state index in [0.29, 0.717) is 11.3 Å². The van der Waals surface area contributed by atoms with Crippen molar-refractivity contribution in [1.29, 1.82) is 0 Å². The predicted molar refractivity (Wildman–Crippen MR) is 64.2 cm³/mol. The molecule has 3 N–H and O–H groups in total. The van der Waals surface area contributed by atoms with E-state index in [1.807, 2.05) is 11.4 Å². The van der Waals surface area contributed by atoms with Crippen LogP contribution in [0.4, 0.5) is 4.39 Å². The van der Waals surface area contributed by atoms with Gasteiger partial charge in [-0.1, -0.05) is 0 Å². The number of rotatable bonds is 4. The zero-order valence-electron chi connectivity index (χ0n) is 9.18. The molecule has 0 aliphatic carbocycles. The van der Waals surface area contributed by atoms with Crippen molar-refractivity contribution in [1.82, 2.24) is 10.4 Å². The van der Waals surface area contributed by atoms with E-state index in [1.54, 1.807) is 13.2 Å². The van der Waals surface area contributed by atoms with Crippen LogP contribution in [0, 0.1) is 5.82 Å². The number of nitrogens with two attached hydrogens (primary N) is 1. The van der Waals surface area contributed by atoms with E-state index < -0.39 is 11.9 Å². The second-order valence-electron chi connectivity index (χ2n) is 3.35. The Balaban J connectivity index is 2.44. The molecule has 1 atom stereocenters. The minimum absolute atomic E-state index is 0.397. The van der Waals surface area contributed by atoms with E-state index in [2.05, 4.69) is 10.4 Å². The topological polar surface area (TPSA) is 60.2 Å². The maximum Gasteiger partial charge on any atom is 0.146 e. The van der Waals surface area contributed by atoms with Gasteiger partial charge in [-0.25, -0.2) is 9.82 Å². The van der Waals surface area contributed by atoms with Gasteiger partial charge in [0, 0.05) is 11.8 Å². The van der Waals surface area contributed by atoms with Gasteiger partial charge in [-0.15, -0.1) is 11.3 Å². The fraction of sp³-hybridized carbons (Fsp3) is 0.182. The van der Waals surface area contributed by atoms with Gasteiger partial charge >= 0.3 is 0 Å². The number of nitrogens with zero attached hydrogens (tertiary/aromatic N) is 1. The number of ether oxygens (including phenoxy) is 1. The predicted octanol–water partition coefficient (Wildman–Crippen LogP) is 1.84. The van der Waals surface area contributed by atoms with Crippen LogP contribution < -0.4 is 16.0 Å². The molecule has 6 heteroatoms. The Kier molecular flexibility index (Phi) is 3.68. The van der Waals surface area contributed by atoms with Crippen molar-refractivity contribution in [2.24, 2.45) is 5.84 Å². The molecule has 0 amide bonds. The summed E-state index contributed by atoms with van der Waals surface area (Å²) in [6.45, 7) is 0. The van der Waals surface area contributed by atoms with Crippen molar-refractivity contribution >= 4 is 11.3 Å². The van der Waals surface area contributed by atoms with Crippen molar-refractivity contribution in [3.8, 4) is 5.75 Å². The number of hydrogen-bond donors (Lipinski definition) is 2. The summed E-state index contributed by atoms with van der Waals surface area (Å²) < 4.78 is 18.9. The molecule has 90 valence electrons. The van der Waals surface area contributed by atoms with Crippen LogP contribution in [-0.2, 0) is 0 Å². The smallest absolute Gasteiger partial charge is 0.146 e. The molecular formula is C11H12FN3OS. The molecule has 2 heterocycles. The largest absolute Gasteiger partial charge is 0.496 e. The van der Waals surface area contributed by atoms with Gasteiger partial charge in [0.1, 0.15) is 11.6 Å². The number of pyridine rings is 1. The van der Waals surface area contributed by atoms with Gasteiger partial charge in [-0.2, -0.15) is 0 Å². The van der Waals surface area contributed by atoms with Crippen LogP contribution in [0.5, 0.6) is 5.75 Å². The fourth-order valence-electron chi connectivity index (χ4n) is 1.62. The van der Waals surface area contributed by atoms with Gasteiger partial charge in [0.05, 0.1) is 24.2 Å². The highest BCUT2D eigenvalue weighted by atomic mass is 32.1. The molecule has 0 fully saturated rings. The SMILES string of the molecule is COc1ccsc1C(NN)c1ccncc1F. The van der Waals surface area contributed by atoms with Crippen LogP contribution in [0.15, 0.2) is 29.9 Å². The monoisotopic (exact) mass is 253 g/mol. The van der Waals surface area contributed by atoms with Gasteiger partial charge in [-0.3, -0.25) is 10.8 Å². The summed E-state index contributed by atoms with van der Waals surface area (Å²) in [5, 5.41) is 1.87. The molecule has 0 aliphatic heterocycles. The lowest BCUT2D eigenvalue weighted by Crippen LogP contribution is -2.29. The molecule has 2 aromatic rings. The lowest BCUT2D eigenvalue weighted by molar-refractivity contribution is 0.407. The Morgan fingerprint density at radius 3 is 3.00 bits per heavy atom. The van der Waals surface area contributed by atoms with Gasteiger partial charge < -0.3 is 4.74 Å². The van der Waals surface area contributed by atoms with Gasteiger partial charge in [0.2, 0.25) is 0 Å². The third-order valence-corrected chi connectivity index (χ3v) is 3.38. The highest BCUT2D eigenvalue weighted by molar-refractivity contribution is 7.10. The number of hydrazine groups is 1. The summed E-state index contributed by atoms with van der Waals surface area (Å²) in [6, 6.07) is 2.98. The number of hydrogen-bond acceptors (Lipinski definition) is 5.